The number of hydrogen-bond donors (Lipinski definition) is 2. The summed E-state index contributed by atoms with van der Waals surface area (Å²) in [6.45, 7) is -1.08. The van der Waals surface area contributed by atoms with Gasteiger partial charge >= 0.3 is 0 Å². The van der Waals surface area contributed by atoms with E-state index in [1.165, 1.54) is 0 Å². The van der Waals surface area contributed by atoms with Gasteiger partial charge in [-0.1, -0.05) is 0 Å². The smallest absolute Gasteiger partial charge is 0.269 e. The number of aliphatic hydroxyl groups excluding tert-OH is 2. The molecule has 0 bridgehead atoms. The molecule has 5 atom stereocenters. The maximum absolute atomic E-state index is 10.9. The highest BCUT2D eigenvalue weighted by Gasteiger charge is 2.48. The van der Waals surface area contributed by atoms with Crippen molar-refractivity contribution in [2.24, 2.45) is 0 Å². The van der Waals surface area contributed by atoms with Crippen LogP contribution in [0.25, 0.3) is 0 Å². The molecule has 0 radical (unpaired) electrons. The third kappa shape index (κ3) is 6.80. The second kappa shape index (κ2) is 8.81. The molecule has 1 aromatic rings. The molecule has 1 aliphatic rings. The van der Waals surface area contributed by atoms with Crippen LogP contribution in [-0.2, 0) is 33.9 Å². The third-order valence-electron chi connectivity index (χ3n) is 3.55. The molecule has 29 heavy (non-hydrogen) atoms. The van der Waals surface area contributed by atoms with E-state index in [-0.39, 0.29) is 11.4 Å². The van der Waals surface area contributed by atoms with E-state index in [4.69, 9.17) is 9.47 Å². The first kappa shape index (κ1) is 23.3. The number of non-ortho nitro benzene ring substituents is 1. The fraction of sp³-hybridized carbons (Fsp3) is 0.500. The van der Waals surface area contributed by atoms with Crippen LogP contribution in [0.15, 0.2) is 24.3 Å². The highest BCUT2D eigenvalue weighted by molar-refractivity contribution is 7.81. The van der Waals surface area contributed by atoms with Crippen LogP contribution < -0.4 is 4.74 Å². The van der Waals surface area contributed by atoms with Crippen LogP contribution in [0.5, 0.6) is 5.75 Å². The van der Waals surface area contributed by atoms with Gasteiger partial charge in [0.2, 0.25) is 27.1 Å². The molecule has 0 unspecified atom stereocenters. The van der Waals surface area contributed by atoms with Crippen LogP contribution in [-0.4, -0.2) is 78.4 Å². The molecule has 1 aliphatic heterocycles. The summed E-state index contributed by atoms with van der Waals surface area (Å²) in [5.74, 6) is -0.169. The van der Waals surface area contributed by atoms with Gasteiger partial charge < -0.3 is 28.8 Å². The van der Waals surface area contributed by atoms with Gasteiger partial charge in [0.05, 0.1) is 11.5 Å². The molecule has 0 aromatic heterocycles. The zero-order valence-corrected chi connectivity index (χ0v) is 15.6. The van der Waals surface area contributed by atoms with Gasteiger partial charge in [0.15, 0.2) is 6.10 Å². The van der Waals surface area contributed by atoms with Gasteiger partial charge in [0.1, 0.15) is 24.1 Å². The molecule has 0 aliphatic carbocycles. The predicted octanol–water partition coefficient (Wildman–Crippen LogP) is -2.26. The van der Waals surface area contributed by atoms with E-state index in [1.807, 2.05) is 0 Å². The van der Waals surface area contributed by atoms with Gasteiger partial charge in [-0.25, -0.2) is 16.8 Å². The maximum Gasteiger partial charge on any atom is 0.269 e. The summed E-state index contributed by atoms with van der Waals surface area (Å²) in [5, 5.41) is 30.6. The fourth-order valence-corrected chi connectivity index (χ4v) is 3.08. The van der Waals surface area contributed by atoms with Gasteiger partial charge in [-0.3, -0.25) is 18.5 Å². The largest absolute Gasteiger partial charge is 0.726 e. The molecule has 0 amide bonds. The molecule has 1 saturated heterocycles. The average Bonchev–Trinajstić information content (AvgIpc) is 2.59. The fourth-order valence-electron chi connectivity index (χ4n) is 2.31. The highest BCUT2D eigenvalue weighted by atomic mass is 32.3. The Kier molecular flexibility index (Phi) is 7.09. The number of aliphatic hydroxyl groups is 2. The minimum Gasteiger partial charge on any atom is -0.726 e. The second-order valence-electron chi connectivity index (χ2n) is 5.55. The van der Waals surface area contributed by atoms with Crippen molar-refractivity contribution in [2.45, 2.75) is 30.7 Å². The summed E-state index contributed by atoms with van der Waals surface area (Å²) in [5.41, 5.74) is -0.320. The van der Waals surface area contributed by atoms with E-state index in [2.05, 4.69) is 8.37 Å². The first-order valence-electron chi connectivity index (χ1n) is 7.44. The van der Waals surface area contributed by atoms with E-state index in [0.29, 0.717) is 0 Å². The van der Waals surface area contributed by atoms with Gasteiger partial charge in [-0.15, -0.1) is 0 Å². The Hall–Kier alpha value is -1.96. The van der Waals surface area contributed by atoms with Crippen LogP contribution in [0, 0.1) is 10.1 Å². The van der Waals surface area contributed by atoms with Gasteiger partial charge in [-0.2, -0.15) is 0 Å². The summed E-state index contributed by atoms with van der Waals surface area (Å²) in [4.78, 5) is 9.94. The van der Waals surface area contributed by atoms with Crippen molar-refractivity contribution in [3.63, 3.8) is 0 Å². The molecule has 1 fully saturated rings. The standard InChI is InChI=1S/C12H15NO14S2/c14-9-8(5-24-28(18,19)20)26-12(11(10(9)15)27-29(21,22)23)25-7-3-1-6(2-4-7)13(16)17/h1-4,8-12,14-15H,5H2,(H,18,19,20)(H,21,22,23)/p-2/t8-,9-,10+,11-,12+/m1/s1. The lowest BCUT2D eigenvalue weighted by molar-refractivity contribution is -0.384. The summed E-state index contributed by atoms with van der Waals surface area (Å²) >= 11 is 0. The Labute approximate surface area is 163 Å². The molecule has 0 saturated carbocycles. The van der Waals surface area contributed by atoms with Crippen molar-refractivity contribution in [3.05, 3.63) is 34.4 Å². The van der Waals surface area contributed by atoms with Crippen molar-refractivity contribution in [1.82, 2.24) is 0 Å². The molecule has 17 heteroatoms. The number of benzene rings is 1. The highest BCUT2D eigenvalue weighted by Crippen LogP contribution is 2.28. The molecule has 1 heterocycles. The summed E-state index contributed by atoms with van der Waals surface area (Å²) in [7, 11) is -10.6. The molecular formula is C12H13NO14S2-2. The van der Waals surface area contributed by atoms with Crippen molar-refractivity contribution in [1.29, 1.82) is 0 Å². The van der Waals surface area contributed by atoms with Crippen LogP contribution in [0.4, 0.5) is 5.69 Å². The number of ether oxygens (including phenoxy) is 2. The molecule has 164 valence electrons. The number of hydrogen-bond acceptors (Lipinski definition) is 14. The predicted molar refractivity (Wildman–Crippen MR) is 84.6 cm³/mol. The molecule has 0 spiro atoms. The van der Waals surface area contributed by atoms with Crippen molar-refractivity contribution >= 4 is 26.5 Å². The minimum absolute atomic E-state index is 0.169. The Bertz CT molecular complexity index is 928. The van der Waals surface area contributed by atoms with E-state index in [0.717, 1.165) is 24.3 Å². The Morgan fingerprint density at radius 2 is 1.62 bits per heavy atom. The molecule has 2 rings (SSSR count). The maximum atomic E-state index is 10.9. The Morgan fingerprint density at radius 1 is 1.03 bits per heavy atom. The Balaban J connectivity index is 2.26. The van der Waals surface area contributed by atoms with E-state index < -0.39 is 63.0 Å². The third-order valence-corrected chi connectivity index (χ3v) is 4.43. The molecule has 15 nitrogen and oxygen atoms in total. The van der Waals surface area contributed by atoms with Crippen LogP contribution >= 0.6 is 0 Å². The molecular weight excluding hydrogens is 446 g/mol. The lowest BCUT2D eigenvalue weighted by atomic mass is 9.99. The zero-order valence-electron chi connectivity index (χ0n) is 14.0. The monoisotopic (exact) mass is 459 g/mol. The number of nitrogens with zero attached hydrogens (tertiary/aromatic N) is 1. The first-order valence-corrected chi connectivity index (χ1v) is 10.1. The normalized spacial score (nSPS) is 28.1. The summed E-state index contributed by atoms with van der Waals surface area (Å²) < 4.78 is 82.8. The van der Waals surface area contributed by atoms with Crippen LogP contribution in [0.3, 0.4) is 0 Å². The van der Waals surface area contributed by atoms with Crippen molar-refractivity contribution in [2.75, 3.05) is 6.61 Å². The number of rotatable bonds is 8. The van der Waals surface area contributed by atoms with E-state index in [9.17, 15) is 46.3 Å². The van der Waals surface area contributed by atoms with Crippen molar-refractivity contribution in [3.8, 4) is 5.75 Å². The van der Waals surface area contributed by atoms with E-state index >= 15 is 0 Å². The van der Waals surface area contributed by atoms with E-state index in [1.54, 1.807) is 0 Å². The lowest BCUT2D eigenvalue weighted by Crippen LogP contribution is -2.61. The van der Waals surface area contributed by atoms with Crippen molar-refractivity contribution < 1.29 is 58.9 Å². The summed E-state index contributed by atoms with van der Waals surface area (Å²) in [6.07, 6.45) is -9.95. The molecule has 2 N–H and O–H groups in total. The zero-order chi connectivity index (χ0) is 22.0. The lowest BCUT2D eigenvalue weighted by Gasteiger charge is -2.41. The second-order valence-corrected chi connectivity index (χ2v) is 7.62. The first-order chi connectivity index (χ1) is 13.3. The Morgan fingerprint density at radius 3 is 2.10 bits per heavy atom. The minimum atomic E-state index is -5.42. The van der Waals surface area contributed by atoms with Gasteiger partial charge in [-0.05, 0) is 12.1 Å². The van der Waals surface area contributed by atoms with Crippen LogP contribution in [0.1, 0.15) is 0 Å². The number of nitro groups is 1. The number of nitro benzene ring substituents is 1. The quantitative estimate of drug-likeness (QED) is 0.181. The van der Waals surface area contributed by atoms with Crippen LogP contribution in [0.2, 0.25) is 0 Å². The van der Waals surface area contributed by atoms with Gasteiger partial charge in [0.25, 0.3) is 5.69 Å². The average molecular weight is 459 g/mol. The van der Waals surface area contributed by atoms with Gasteiger partial charge in [0, 0.05) is 12.1 Å². The topological polar surface area (TPSA) is 235 Å². The SMILES string of the molecule is O=[N+]([O-])c1ccc(O[C@H]2O[C@H](COS(=O)(=O)[O-])[C@@H](O)[C@H](O)[C@H]2OS(=O)(=O)[O-])cc1. The molecule has 1 aromatic carbocycles. The summed E-state index contributed by atoms with van der Waals surface area (Å²) in [6, 6.07) is 4.15.